The highest BCUT2D eigenvalue weighted by atomic mass is 15.3. The number of aryl methyl sites for hydroxylation is 1. The van der Waals surface area contributed by atoms with Crippen LogP contribution in [0.25, 0.3) is 165 Å². The molecule has 150 heavy (non-hydrogen) atoms. The molecule has 40 rings (SSSR count). The average Bonchev–Trinajstić information content (AvgIpc) is 1.52. The van der Waals surface area contributed by atoms with Gasteiger partial charge in [0.2, 0.25) is 28.5 Å². The molecule has 15 aromatic carbocycles. The summed E-state index contributed by atoms with van der Waals surface area (Å²) < 4.78 is 25.1. The number of fused-ring (bicyclic) bond motifs is 40. The fourth-order valence-electron chi connectivity index (χ4n) is 30.7. The normalized spacial score (nSPS) is 14.8. The van der Waals surface area contributed by atoms with E-state index in [1.807, 2.05) is 0 Å². The van der Waals surface area contributed by atoms with Gasteiger partial charge in [-0.1, -0.05) is 236 Å². The van der Waals surface area contributed by atoms with E-state index in [4.69, 9.17) is 0 Å². The third-order valence-electron chi connectivity index (χ3n) is 36.5. The molecular formula is C130H95B5N15+5. The molecule has 0 N–H and O–H groups in total. The molecule has 25 heterocycles. The van der Waals surface area contributed by atoms with Gasteiger partial charge in [0.25, 0.3) is 0 Å². The molecule has 700 valence electrons. The Labute approximate surface area is 867 Å². The van der Waals surface area contributed by atoms with Crippen molar-refractivity contribution >= 4 is 228 Å². The molecular weight excluding hydrogens is 1830 g/mol. The first-order valence-electron chi connectivity index (χ1n) is 53.8. The van der Waals surface area contributed by atoms with E-state index in [2.05, 4.69) is 488 Å². The minimum absolute atomic E-state index is 0.156. The van der Waals surface area contributed by atoms with E-state index in [9.17, 15) is 0 Å². The zero-order chi connectivity index (χ0) is 98.1. The quantitative estimate of drug-likeness (QED) is 0.130. The van der Waals surface area contributed by atoms with Crippen LogP contribution in [-0.4, -0.2) is 57.3 Å². The number of aromatic nitrogens is 10. The molecule has 0 atom stereocenters. The Hall–Kier alpha value is -17.6. The third-order valence-corrected chi connectivity index (χ3v) is 36.5. The van der Waals surface area contributed by atoms with E-state index in [0.29, 0.717) is 17.8 Å². The minimum Gasteiger partial charge on any atom is -0.359 e. The van der Waals surface area contributed by atoms with Gasteiger partial charge in [-0.2, -0.15) is 22.8 Å². The van der Waals surface area contributed by atoms with Crippen LogP contribution < -0.4 is 74.2 Å². The molecule has 0 fully saturated rings. The smallest absolute Gasteiger partial charge is 0.359 e. The zero-order valence-electron chi connectivity index (χ0n) is 84.1. The van der Waals surface area contributed by atoms with E-state index in [-0.39, 0.29) is 34.9 Å². The Balaban J connectivity index is 0.0000000771. The summed E-state index contributed by atoms with van der Waals surface area (Å²) in [6.45, 7) is 21.7. The van der Waals surface area contributed by atoms with Gasteiger partial charge in [-0.15, -0.1) is 0 Å². The van der Waals surface area contributed by atoms with Crippen molar-refractivity contribution in [3.05, 3.63) is 421 Å². The van der Waals surface area contributed by atoms with E-state index in [1.165, 1.54) is 300 Å². The van der Waals surface area contributed by atoms with Crippen molar-refractivity contribution in [1.29, 1.82) is 0 Å². The van der Waals surface area contributed by atoms with E-state index in [0.717, 1.165) is 32.7 Å². The maximum Gasteiger partial charge on any atom is 0.427 e. The molecule has 0 spiro atoms. The zero-order valence-corrected chi connectivity index (χ0v) is 84.1. The standard InChI is InChI=1S/3C27H21BN3.C25H17BN3.C24H15BN3/c2*1-16(2)18-13-20-19-8-3-4-10-22(19)31-26(20)24(14-18)30-23-11-5-7-17-15-29-12-6-9-21(28(30)31)27(29)25(17)23;1-16(2)17-13-18-15-29-12-6-9-21-27(29)25(18)24(14-17)30-23-11-5-8-20-19-7-3-4-10-22(19)31(26(20)23)28(21)30;1-15-12-16-14-27-11-5-8-19-25(27)23(16)22(13-15)28-21-10-4-7-18-17-6-2-3-9-20(17)29(24(18)21)26(19)28;1-2-10-19-16(7-1)17-8-4-12-21-23(17)28(19)25-18-9-5-13-26-14-15-6-3-11-20(27(21)25)22(15)24(18)26/h3*3-14,16H,15H2,1-2H3;2-13H,14H2,1H3;1-13H,14H2/q5*+1. The summed E-state index contributed by atoms with van der Waals surface area (Å²) >= 11 is 0. The summed E-state index contributed by atoms with van der Waals surface area (Å²) in [5.41, 5.74) is 60.8. The van der Waals surface area contributed by atoms with Gasteiger partial charge in [-0.05, 0) is 162 Å². The maximum atomic E-state index is 2.61. The topological polar surface area (TPSA) is 60.3 Å². The second kappa shape index (κ2) is 28.6. The van der Waals surface area contributed by atoms with Crippen molar-refractivity contribution in [2.45, 2.75) is 98.9 Å². The first-order valence-corrected chi connectivity index (χ1v) is 53.8. The first-order chi connectivity index (χ1) is 73.9. The molecule has 15 aliphatic rings. The van der Waals surface area contributed by atoms with Gasteiger partial charge in [0, 0.05) is 195 Å². The minimum atomic E-state index is 0.156. The molecule has 20 heteroatoms. The average molecular weight is 1920 g/mol. The number of hydrogen-bond donors (Lipinski definition) is 0. The molecule has 0 aliphatic carbocycles. The Morgan fingerprint density at radius 3 is 0.767 bits per heavy atom. The van der Waals surface area contributed by atoms with E-state index >= 15 is 0 Å². The van der Waals surface area contributed by atoms with E-state index < -0.39 is 0 Å². The fraction of sp³-hybridized carbons (Fsp3) is 0.115. The number of nitrogens with zero attached hydrogens (tertiary/aromatic N) is 15. The van der Waals surface area contributed by atoms with Gasteiger partial charge < -0.3 is 46.4 Å². The summed E-state index contributed by atoms with van der Waals surface area (Å²) in [4.78, 5) is 13.0. The van der Waals surface area contributed by atoms with Crippen LogP contribution in [0.15, 0.2) is 371 Å². The Kier molecular flexibility index (Phi) is 15.6. The second-order valence-electron chi connectivity index (χ2n) is 45.0. The van der Waals surface area contributed by atoms with Crippen LogP contribution in [0.5, 0.6) is 0 Å². The van der Waals surface area contributed by atoms with Crippen LogP contribution in [-0.2, 0) is 32.7 Å². The summed E-state index contributed by atoms with van der Waals surface area (Å²) in [7, 11) is 0. The van der Waals surface area contributed by atoms with Gasteiger partial charge in [-0.25, -0.2) is 0 Å². The maximum absolute atomic E-state index is 2.61. The number of para-hydroxylation sites is 8. The summed E-state index contributed by atoms with van der Waals surface area (Å²) in [5.74, 6) is 1.48. The Morgan fingerprint density at radius 2 is 0.440 bits per heavy atom. The largest absolute Gasteiger partial charge is 0.427 e. The summed E-state index contributed by atoms with van der Waals surface area (Å²) in [6, 6.07) is 127. The lowest BCUT2D eigenvalue weighted by Gasteiger charge is -2.32. The van der Waals surface area contributed by atoms with Crippen LogP contribution in [0.3, 0.4) is 0 Å². The number of benzene rings is 15. The fourth-order valence-corrected chi connectivity index (χ4v) is 30.7. The second-order valence-corrected chi connectivity index (χ2v) is 45.0. The first kappa shape index (κ1) is 81.6. The van der Waals surface area contributed by atoms with Gasteiger partial charge in [0.15, 0.2) is 63.7 Å². The van der Waals surface area contributed by atoms with Gasteiger partial charge in [0.05, 0.1) is 83.8 Å². The molecule has 10 aromatic heterocycles. The number of hydrogen-bond acceptors (Lipinski definition) is 5. The molecule has 0 bridgehead atoms. The van der Waals surface area contributed by atoms with Crippen molar-refractivity contribution < 1.29 is 22.8 Å². The van der Waals surface area contributed by atoms with Crippen molar-refractivity contribution in [3.63, 3.8) is 0 Å². The molecule has 25 aromatic rings. The van der Waals surface area contributed by atoms with Crippen molar-refractivity contribution in [3.8, 4) is 56.3 Å². The summed E-state index contributed by atoms with van der Waals surface area (Å²) in [5, 5.41) is 13.6. The Bertz CT molecular complexity index is 10400. The third kappa shape index (κ3) is 9.99. The highest BCUT2D eigenvalue weighted by Gasteiger charge is 2.58. The van der Waals surface area contributed by atoms with Crippen LogP contribution in [0.2, 0.25) is 0 Å². The molecule has 0 radical (unpaired) electrons. The lowest BCUT2D eigenvalue weighted by Crippen LogP contribution is -2.54. The SMILES string of the molecule is CC(C)c1cc2c3c(c1)N1B(c4ccc[n+](c4-3)C2)n2c3ccccc3c3cccc1c32.CC(C)c1cc2c3c(c1)c1ccccc1n3B1c3ccc[n+]4c3-c3c(cccc3N12)C4.CC(C)c1cc2c3c(c1)c1ccccc1n3B1c3ccc[n+]4c3-c3c(cccc3N12)C4.Cc1cc2c3c(c1)N1B(c4ccc[n+](c4-3)C2)n2c3ccccc3c3cccc1c32.c1cc2c3c(c1)N1B(c4ccc[n+](c4-3)C2)n2c3ccccc3c3cccc1c32. The van der Waals surface area contributed by atoms with Gasteiger partial charge in [-0.3, -0.25) is 0 Å². The predicted octanol–water partition coefficient (Wildman–Crippen LogP) is 22.8. The molecule has 0 unspecified atom stereocenters. The van der Waals surface area contributed by atoms with Crippen molar-refractivity contribution in [2.24, 2.45) is 0 Å². The van der Waals surface area contributed by atoms with Gasteiger partial charge >= 0.3 is 34.9 Å². The molecule has 15 nitrogen and oxygen atoms in total. The van der Waals surface area contributed by atoms with Crippen LogP contribution in [0.1, 0.15) is 109 Å². The Morgan fingerprint density at radius 1 is 0.200 bits per heavy atom. The monoisotopic (exact) mass is 1920 g/mol. The highest BCUT2D eigenvalue weighted by Crippen LogP contribution is 2.59. The van der Waals surface area contributed by atoms with Crippen molar-refractivity contribution in [1.82, 2.24) is 22.4 Å². The van der Waals surface area contributed by atoms with Crippen LogP contribution in [0.4, 0.5) is 56.9 Å². The molecule has 15 aliphatic heterocycles. The highest BCUT2D eigenvalue weighted by molar-refractivity contribution is 6.86. The number of rotatable bonds is 3. The van der Waals surface area contributed by atoms with Crippen molar-refractivity contribution in [2.75, 3.05) is 24.1 Å². The molecule has 0 saturated heterocycles. The van der Waals surface area contributed by atoms with Crippen LogP contribution >= 0.6 is 0 Å². The van der Waals surface area contributed by atoms with Crippen LogP contribution in [0, 0.1) is 6.92 Å². The molecule has 0 amide bonds. The molecule has 0 saturated carbocycles. The summed E-state index contributed by atoms with van der Waals surface area (Å²) in [6.07, 6.45) is 11.2. The van der Waals surface area contributed by atoms with E-state index in [1.54, 1.807) is 0 Å². The number of pyridine rings is 5. The predicted molar refractivity (Wildman–Crippen MR) is 615 cm³/mol. The lowest BCUT2D eigenvalue weighted by molar-refractivity contribution is -0.671. The lowest BCUT2D eigenvalue weighted by atomic mass is 9.61. The van der Waals surface area contributed by atoms with Gasteiger partial charge in [0.1, 0.15) is 0 Å². The number of anilines is 10.